The summed E-state index contributed by atoms with van der Waals surface area (Å²) in [6.07, 6.45) is 0.262. The van der Waals surface area contributed by atoms with Gasteiger partial charge in [-0.2, -0.15) is 5.26 Å². The maximum atomic E-state index is 11.7. The second-order valence-corrected chi connectivity index (χ2v) is 4.79. The molecular formula is C11H18N2O4. The highest BCUT2D eigenvalue weighted by molar-refractivity contribution is 6.03. The lowest BCUT2D eigenvalue weighted by atomic mass is 9.93. The summed E-state index contributed by atoms with van der Waals surface area (Å²) in [5, 5.41) is 17.4. The first-order valence-corrected chi connectivity index (χ1v) is 5.26. The number of hydrogen-bond donors (Lipinski definition) is 2. The van der Waals surface area contributed by atoms with Crippen molar-refractivity contribution in [2.45, 2.75) is 51.2 Å². The molecule has 0 spiro atoms. The molecule has 0 rings (SSSR count). The number of nitrogens with zero attached hydrogens (tertiary/aromatic N) is 1. The first-order chi connectivity index (χ1) is 7.63. The number of nitriles is 1. The van der Waals surface area contributed by atoms with Crippen LogP contribution in [0.25, 0.3) is 0 Å². The van der Waals surface area contributed by atoms with Crippen molar-refractivity contribution in [3.63, 3.8) is 0 Å². The molecule has 0 aliphatic rings. The third kappa shape index (κ3) is 4.83. The second-order valence-electron chi connectivity index (χ2n) is 4.79. The lowest BCUT2D eigenvalue weighted by molar-refractivity contribution is -0.169. The first-order valence-electron chi connectivity index (χ1n) is 5.26. The fraction of sp³-hybridized carbons (Fsp3) is 0.727. The molecule has 0 aliphatic carbocycles. The van der Waals surface area contributed by atoms with Crippen molar-refractivity contribution < 1.29 is 19.4 Å². The number of rotatable bonds is 5. The van der Waals surface area contributed by atoms with Crippen LogP contribution in [0.5, 0.6) is 0 Å². The Morgan fingerprint density at radius 1 is 1.41 bits per heavy atom. The predicted octanol–water partition coefficient (Wildman–Crippen LogP) is 0.804. The zero-order chi connectivity index (χ0) is 13.7. The molecule has 96 valence electrons. The maximum absolute atomic E-state index is 11.7. The van der Waals surface area contributed by atoms with Crippen molar-refractivity contribution in [1.29, 1.82) is 5.26 Å². The summed E-state index contributed by atoms with van der Waals surface area (Å²) in [7, 11) is 0. The van der Waals surface area contributed by atoms with E-state index in [-0.39, 0.29) is 19.3 Å². The molecule has 0 aliphatic heterocycles. The molecule has 1 atom stereocenters. The van der Waals surface area contributed by atoms with Gasteiger partial charge in [-0.15, -0.1) is 0 Å². The van der Waals surface area contributed by atoms with Gasteiger partial charge in [0, 0.05) is 6.42 Å². The van der Waals surface area contributed by atoms with Crippen LogP contribution in [0.15, 0.2) is 0 Å². The molecule has 6 heteroatoms. The number of carbonyl (C=O) groups excluding carboxylic acids is 1. The molecule has 0 amide bonds. The highest BCUT2D eigenvalue weighted by atomic mass is 16.6. The second kappa shape index (κ2) is 5.64. The van der Waals surface area contributed by atoms with Crippen molar-refractivity contribution in [3.05, 3.63) is 0 Å². The van der Waals surface area contributed by atoms with E-state index in [1.807, 2.05) is 6.07 Å². The highest BCUT2D eigenvalue weighted by Crippen LogP contribution is 2.18. The number of hydrogen-bond acceptors (Lipinski definition) is 5. The van der Waals surface area contributed by atoms with Crippen LogP contribution in [-0.4, -0.2) is 28.2 Å². The lowest BCUT2D eigenvalue weighted by Gasteiger charge is -2.27. The van der Waals surface area contributed by atoms with E-state index in [9.17, 15) is 9.59 Å². The van der Waals surface area contributed by atoms with E-state index in [1.165, 1.54) is 0 Å². The third-order valence-electron chi connectivity index (χ3n) is 2.00. The van der Waals surface area contributed by atoms with Crippen molar-refractivity contribution in [2.75, 3.05) is 0 Å². The zero-order valence-electron chi connectivity index (χ0n) is 10.3. The predicted molar refractivity (Wildman–Crippen MR) is 59.9 cm³/mol. The molecular weight excluding hydrogens is 224 g/mol. The number of carboxylic acids is 1. The molecule has 0 fully saturated rings. The van der Waals surface area contributed by atoms with E-state index in [0.717, 1.165) is 0 Å². The molecule has 0 aromatic carbocycles. The highest BCUT2D eigenvalue weighted by Gasteiger charge is 2.44. The van der Waals surface area contributed by atoms with E-state index in [0.29, 0.717) is 0 Å². The Hall–Kier alpha value is -1.61. The minimum atomic E-state index is -2.08. The Balaban J connectivity index is 4.78. The fourth-order valence-electron chi connectivity index (χ4n) is 1.11. The van der Waals surface area contributed by atoms with Crippen LogP contribution in [0.1, 0.15) is 40.0 Å². The summed E-state index contributed by atoms with van der Waals surface area (Å²) in [5.74, 6) is -2.42. The van der Waals surface area contributed by atoms with E-state index < -0.39 is 23.1 Å². The first kappa shape index (κ1) is 15.4. The van der Waals surface area contributed by atoms with Crippen LogP contribution >= 0.6 is 0 Å². The molecule has 6 nitrogen and oxygen atoms in total. The number of nitrogens with two attached hydrogens (primary N) is 1. The van der Waals surface area contributed by atoms with Crippen LogP contribution in [0.4, 0.5) is 0 Å². The van der Waals surface area contributed by atoms with Crippen LogP contribution in [0, 0.1) is 11.3 Å². The number of unbranched alkanes of at least 4 members (excludes halogenated alkanes) is 1. The summed E-state index contributed by atoms with van der Waals surface area (Å²) in [5.41, 5.74) is 2.67. The average Bonchev–Trinajstić information content (AvgIpc) is 2.14. The maximum Gasteiger partial charge on any atom is 0.338 e. The van der Waals surface area contributed by atoms with E-state index in [4.69, 9.17) is 20.8 Å². The summed E-state index contributed by atoms with van der Waals surface area (Å²) in [4.78, 5) is 22.7. The number of aliphatic carboxylic acids is 1. The van der Waals surface area contributed by atoms with Gasteiger partial charge in [0.2, 0.25) is 5.54 Å². The molecule has 0 radical (unpaired) electrons. The van der Waals surface area contributed by atoms with Gasteiger partial charge in [-0.1, -0.05) is 0 Å². The summed E-state index contributed by atoms with van der Waals surface area (Å²) >= 11 is 0. The van der Waals surface area contributed by atoms with Gasteiger partial charge < -0.3 is 15.6 Å². The summed E-state index contributed by atoms with van der Waals surface area (Å²) in [6.45, 7) is 4.88. The van der Waals surface area contributed by atoms with Gasteiger partial charge in [0.25, 0.3) is 0 Å². The summed E-state index contributed by atoms with van der Waals surface area (Å²) < 4.78 is 4.97. The van der Waals surface area contributed by atoms with Gasteiger partial charge >= 0.3 is 11.9 Å². The van der Waals surface area contributed by atoms with E-state index in [2.05, 4.69) is 0 Å². The molecule has 0 aromatic rings. The molecule has 0 unspecified atom stereocenters. The average molecular weight is 242 g/mol. The Labute approximate surface area is 100 Å². The van der Waals surface area contributed by atoms with Gasteiger partial charge in [-0.05, 0) is 33.6 Å². The van der Waals surface area contributed by atoms with Gasteiger partial charge in [0.15, 0.2) is 0 Å². The van der Waals surface area contributed by atoms with Crippen LogP contribution in [-0.2, 0) is 14.3 Å². The standard InChI is InChI=1S/C11H18N2O4/c1-10(2,3)17-9(16)11(13,8(14)15)6-4-5-7-12/h4-6,13H2,1-3H3,(H,14,15)/t11-/m0/s1. The Kier molecular flexibility index (Phi) is 5.10. The van der Waals surface area contributed by atoms with Gasteiger partial charge in [-0.25, -0.2) is 9.59 Å². The monoisotopic (exact) mass is 242 g/mol. The van der Waals surface area contributed by atoms with Crippen LogP contribution < -0.4 is 5.73 Å². The van der Waals surface area contributed by atoms with Crippen molar-refractivity contribution in [3.8, 4) is 6.07 Å². The van der Waals surface area contributed by atoms with Crippen molar-refractivity contribution in [2.24, 2.45) is 5.73 Å². The largest absolute Gasteiger partial charge is 0.479 e. The van der Waals surface area contributed by atoms with Crippen molar-refractivity contribution >= 4 is 11.9 Å². The molecule has 3 N–H and O–H groups in total. The lowest BCUT2D eigenvalue weighted by Crippen LogP contribution is -2.57. The number of ether oxygens (including phenoxy) is 1. The van der Waals surface area contributed by atoms with Crippen LogP contribution in [0.2, 0.25) is 0 Å². The van der Waals surface area contributed by atoms with Crippen LogP contribution in [0.3, 0.4) is 0 Å². The number of esters is 1. The molecule has 0 saturated carbocycles. The molecule has 0 saturated heterocycles. The van der Waals surface area contributed by atoms with Gasteiger partial charge in [0.1, 0.15) is 5.60 Å². The van der Waals surface area contributed by atoms with E-state index >= 15 is 0 Å². The Morgan fingerprint density at radius 2 is 1.94 bits per heavy atom. The number of carbonyl (C=O) groups is 2. The summed E-state index contributed by atoms with van der Waals surface area (Å²) in [6, 6.07) is 1.87. The number of carboxylic acid groups (broad SMARTS) is 1. The molecule has 0 aromatic heterocycles. The smallest absolute Gasteiger partial charge is 0.338 e. The van der Waals surface area contributed by atoms with Gasteiger partial charge in [0.05, 0.1) is 6.07 Å². The fourth-order valence-corrected chi connectivity index (χ4v) is 1.11. The zero-order valence-corrected chi connectivity index (χ0v) is 10.3. The molecule has 0 heterocycles. The quantitative estimate of drug-likeness (QED) is 0.419. The third-order valence-corrected chi connectivity index (χ3v) is 2.00. The topological polar surface area (TPSA) is 113 Å². The minimum Gasteiger partial charge on any atom is -0.479 e. The Morgan fingerprint density at radius 3 is 2.29 bits per heavy atom. The molecule has 17 heavy (non-hydrogen) atoms. The normalized spacial score (nSPS) is 14.5. The van der Waals surface area contributed by atoms with Gasteiger partial charge in [-0.3, -0.25) is 0 Å². The van der Waals surface area contributed by atoms with E-state index in [1.54, 1.807) is 20.8 Å². The minimum absolute atomic E-state index is 0.120. The molecule has 0 bridgehead atoms. The Bertz CT molecular complexity index is 340. The van der Waals surface area contributed by atoms with Crippen molar-refractivity contribution in [1.82, 2.24) is 0 Å². The SMILES string of the molecule is CC(C)(C)OC(=O)[C@](N)(CCCC#N)C(=O)O.